The predicted molar refractivity (Wildman–Crippen MR) is 83.8 cm³/mol. The van der Waals surface area contributed by atoms with Gasteiger partial charge in [0.2, 0.25) is 0 Å². The molecule has 0 atom stereocenters. The smallest absolute Gasteiger partial charge is 0.0547 e. The SMILES string of the molecule is COCCCN(Cc1ccccn1)Cc1cccc(C)n1. The molecule has 0 saturated carbocycles. The van der Waals surface area contributed by atoms with E-state index >= 15 is 0 Å². The highest BCUT2D eigenvalue weighted by Crippen LogP contribution is 2.08. The van der Waals surface area contributed by atoms with Crippen LogP contribution in [0.4, 0.5) is 0 Å². The van der Waals surface area contributed by atoms with Gasteiger partial charge in [0.05, 0.1) is 11.4 Å². The van der Waals surface area contributed by atoms with Crippen LogP contribution in [0.25, 0.3) is 0 Å². The quantitative estimate of drug-likeness (QED) is 0.699. The van der Waals surface area contributed by atoms with Crippen LogP contribution in [0.3, 0.4) is 0 Å². The molecule has 0 aliphatic rings. The van der Waals surface area contributed by atoms with Crippen molar-refractivity contribution in [2.24, 2.45) is 0 Å². The van der Waals surface area contributed by atoms with Crippen LogP contribution in [0.5, 0.6) is 0 Å². The Kier molecular flexibility index (Phi) is 6.31. The topological polar surface area (TPSA) is 38.2 Å². The molecule has 0 fully saturated rings. The van der Waals surface area contributed by atoms with E-state index in [0.717, 1.165) is 49.7 Å². The van der Waals surface area contributed by atoms with E-state index in [1.54, 1.807) is 7.11 Å². The molecule has 2 heterocycles. The highest BCUT2D eigenvalue weighted by molar-refractivity contribution is 5.10. The number of hydrogen-bond donors (Lipinski definition) is 0. The molecule has 0 radical (unpaired) electrons. The zero-order chi connectivity index (χ0) is 14.9. The summed E-state index contributed by atoms with van der Waals surface area (Å²) in [6, 6.07) is 12.2. The Balaban J connectivity index is 2.01. The molecule has 0 bridgehead atoms. The molecule has 0 unspecified atom stereocenters. The van der Waals surface area contributed by atoms with E-state index < -0.39 is 0 Å². The van der Waals surface area contributed by atoms with E-state index in [4.69, 9.17) is 4.74 Å². The largest absolute Gasteiger partial charge is 0.385 e. The third-order valence-electron chi connectivity index (χ3n) is 3.27. The fourth-order valence-corrected chi connectivity index (χ4v) is 2.28. The summed E-state index contributed by atoms with van der Waals surface area (Å²) in [6.07, 6.45) is 2.85. The van der Waals surface area contributed by atoms with Crippen LogP contribution in [0.1, 0.15) is 23.5 Å². The van der Waals surface area contributed by atoms with Gasteiger partial charge in [0.15, 0.2) is 0 Å². The van der Waals surface area contributed by atoms with Gasteiger partial charge < -0.3 is 4.74 Å². The lowest BCUT2D eigenvalue weighted by Crippen LogP contribution is -2.25. The van der Waals surface area contributed by atoms with Crippen molar-refractivity contribution in [2.75, 3.05) is 20.3 Å². The minimum absolute atomic E-state index is 0.778. The van der Waals surface area contributed by atoms with Crippen LogP contribution in [0.2, 0.25) is 0 Å². The highest BCUT2D eigenvalue weighted by Gasteiger charge is 2.08. The Hall–Kier alpha value is -1.78. The lowest BCUT2D eigenvalue weighted by atomic mass is 10.2. The summed E-state index contributed by atoms with van der Waals surface area (Å²) in [4.78, 5) is 11.4. The van der Waals surface area contributed by atoms with Crippen molar-refractivity contribution in [3.8, 4) is 0 Å². The second-order valence-corrected chi connectivity index (χ2v) is 5.15. The first-order valence-electron chi connectivity index (χ1n) is 7.31. The Morgan fingerprint density at radius 2 is 1.86 bits per heavy atom. The number of hydrogen-bond acceptors (Lipinski definition) is 4. The molecule has 2 rings (SSSR count). The highest BCUT2D eigenvalue weighted by atomic mass is 16.5. The zero-order valence-electron chi connectivity index (χ0n) is 12.8. The summed E-state index contributed by atoms with van der Waals surface area (Å²) in [5.74, 6) is 0. The molecule has 0 aliphatic heterocycles. The van der Waals surface area contributed by atoms with Crippen LogP contribution in [-0.4, -0.2) is 35.1 Å². The predicted octanol–water partition coefficient (Wildman–Crippen LogP) is 2.82. The van der Waals surface area contributed by atoms with Gasteiger partial charge in [-0.15, -0.1) is 0 Å². The minimum atomic E-state index is 0.778. The third kappa shape index (κ3) is 5.61. The summed E-state index contributed by atoms with van der Waals surface area (Å²) in [5.41, 5.74) is 3.24. The van der Waals surface area contributed by atoms with Crippen LogP contribution in [-0.2, 0) is 17.8 Å². The minimum Gasteiger partial charge on any atom is -0.385 e. The van der Waals surface area contributed by atoms with E-state index in [9.17, 15) is 0 Å². The Bertz CT molecular complexity index is 531. The molecule has 0 saturated heterocycles. The average Bonchev–Trinajstić information content (AvgIpc) is 2.48. The molecule has 0 amide bonds. The maximum absolute atomic E-state index is 5.15. The number of aryl methyl sites for hydroxylation is 1. The number of methoxy groups -OCH3 is 1. The van der Waals surface area contributed by atoms with Gasteiger partial charge in [-0.2, -0.15) is 0 Å². The summed E-state index contributed by atoms with van der Waals surface area (Å²) < 4.78 is 5.15. The van der Waals surface area contributed by atoms with Crippen LogP contribution in [0, 0.1) is 6.92 Å². The van der Waals surface area contributed by atoms with E-state index in [1.165, 1.54) is 0 Å². The number of rotatable bonds is 8. The van der Waals surface area contributed by atoms with Crippen molar-refractivity contribution >= 4 is 0 Å². The van der Waals surface area contributed by atoms with Crippen molar-refractivity contribution in [3.05, 3.63) is 59.7 Å². The summed E-state index contributed by atoms with van der Waals surface area (Å²) in [6.45, 7) is 5.44. The average molecular weight is 285 g/mol. The molecule has 0 spiro atoms. The van der Waals surface area contributed by atoms with Gasteiger partial charge >= 0.3 is 0 Å². The molecular formula is C17H23N3O. The molecule has 21 heavy (non-hydrogen) atoms. The fourth-order valence-electron chi connectivity index (χ4n) is 2.28. The first-order chi connectivity index (χ1) is 10.3. The fraction of sp³-hybridized carbons (Fsp3) is 0.412. The van der Waals surface area contributed by atoms with Crippen LogP contribution >= 0.6 is 0 Å². The maximum Gasteiger partial charge on any atom is 0.0547 e. The second-order valence-electron chi connectivity index (χ2n) is 5.15. The van der Waals surface area contributed by atoms with Crippen molar-refractivity contribution in [3.63, 3.8) is 0 Å². The molecule has 0 N–H and O–H groups in total. The van der Waals surface area contributed by atoms with Gasteiger partial charge in [0.25, 0.3) is 0 Å². The van der Waals surface area contributed by atoms with Gasteiger partial charge in [0, 0.05) is 45.2 Å². The Labute approximate surface area is 126 Å². The van der Waals surface area contributed by atoms with Gasteiger partial charge in [-0.3, -0.25) is 14.9 Å². The molecule has 4 heteroatoms. The van der Waals surface area contributed by atoms with E-state index in [0.29, 0.717) is 0 Å². The Morgan fingerprint density at radius 1 is 1.05 bits per heavy atom. The normalized spacial score (nSPS) is 11.0. The van der Waals surface area contributed by atoms with Gasteiger partial charge in [-0.05, 0) is 37.6 Å². The number of nitrogens with zero attached hydrogens (tertiary/aromatic N) is 3. The van der Waals surface area contributed by atoms with Crippen LogP contribution < -0.4 is 0 Å². The van der Waals surface area contributed by atoms with Crippen LogP contribution in [0.15, 0.2) is 42.6 Å². The first kappa shape index (κ1) is 15.6. The van der Waals surface area contributed by atoms with Crippen molar-refractivity contribution in [2.45, 2.75) is 26.4 Å². The monoisotopic (exact) mass is 285 g/mol. The maximum atomic E-state index is 5.15. The van der Waals surface area contributed by atoms with Gasteiger partial charge in [-0.1, -0.05) is 12.1 Å². The standard InChI is InChI=1S/C17H23N3O/c1-15-7-5-9-17(19-15)14-20(11-6-12-21-2)13-16-8-3-4-10-18-16/h3-5,7-10H,6,11-14H2,1-2H3. The van der Waals surface area contributed by atoms with Crippen molar-refractivity contribution in [1.82, 2.24) is 14.9 Å². The molecule has 4 nitrogen and oxygen atoms in total. The zero-order valence-corrected chi connectivity index (χ0v) is 12.8. The molecule has 112 valence electrons. The summed E-state index contributed by atoms with van der Waals surface area (Å²) in [7, 11) is 1.74. The summed E-state index contributed by atoms with van der Waals surface area (Å²) >= 11 is 0. The molecule has 0 aromatic carbocycles. The van der Waals surface area contributed by atoms with E-state index in [2.05, 4.69) is 33.1 Å². The first-order valence-corrected chi connectivity index (χ1v) is 7.31. The molecule has 2 aromatic rings. The lowest BCUT2D eigenvalue weighted by Gasteiger charge is -2.21. The number of ether oxygens (including phenoxy) is 1. The second kappa shape index (κ2) is 8.49. The summed E-state index contributed by atoms with van der Waals surface area (Å²) in [5, 5.41) is 0. The Morgan fingerprint density at radius 3 is 2.57 bits per heavy atom. The lowest BCUT2D eigenvalue weighted by molar-refractivity contribution is 0.165. The number of aromatic nitrogens is 2. The van der Waals surface area contributed by atoms with Crippen molar-refractivity contribution < 1.29 is 4.74 Å². The third-order valence-corrected chi connectivity index (χ3v) is 3.27. The number of pyridine rings is 2. The van der Waals surface area contributed by atoms with Gasteiger partial charge in [0.1, 0.15) is 0 Å². The van der Waals surface area contributed by atoms with E-state index in [1.807, 2.05) is 31.3 Å². The van der Waals surface area contributed by atoms with E-state index in [-0.39, 0.29) is 0 Å². The molecule has 0 aliphatic carbocycles. The molecular weight excluding hydrogens is 262 g/mol. The molecule has 2 aromatic heterocycles. The van der Waals surface area contributed by atoms with Crippen molar-refractivity contribution in [1.29, 1.82) is 0 Å². The van der Waals surface area contributed by atoms with Gasteiger partial charge in [-0.25, -0.2) is 0 Å².